The first-order valence-corrected chi connectivity index (χ1v) is 12.8. The molecule has 10 heteroatoms. The van der Waals surface area contributed by atoms with Gasteiger partial charge < -0.3 is 25.7 Å². The van der Waals surface area contributed by atoms with E-state index in [-0.39, 0.29) is 41.6 Å². The van der Waals surface area contributed by atoms with Gasteiger partial charge in [0, 0.05) is 28.5 Å². The average molecular weight is 530 g/mol. The van der Waals surface area contributed by atoms with Gasteiger partial charge in [-0.25, -0.2) is 4.39 Å². The second kappa shape index (κ2) is 11.8. The first-order valence-electron chi connectivity index (χ1n) is 11.8. The number of aliphatic hydroxyl groups is 1. The van der Waals surface area contributed by atoms with Gasteiger partial charge in [0.05, 0.1) is 11.9 Å². The van der Waals surface area contributed by atoms with Crippen molar-refractivity contribution in [2.45, 2.75) is 50.1 Å². The number of thioether (sulfide) groups is 1. The zero-order valence-corrected chi connectivity index (χ0v) is 21.8. The van der Waals surface area contributed by atoms with Crippen LogP contribution in [0.5, 0.6) is 5.75 Å². The molecule has 3 rings (SSSR count). The van der Waals surface area contributed by atoms with Gasteiger partial charge in [0.2, 0.25) is 5.91 Å². The Morgan fingerprint density at radius 3 is 2.59 bits per heavy atom. The zero-order chi connectivity index (χ0) is 27.3. The summed E-state index contributed by atoms with van der Waals surface area (Å²) in [5.41, 5.74) is 0.791. The number of halogens is 1. The molecule has 1 fully saturated rings. The van der Waals surface area contributed by atoms with Crippen molar-refractivity contribution in [3.8, 4) is 5.75 Å². The highest BCUT2D eigenvalue weighted by Crippen LogP contribution is 2.39. The number of phenolic OH excluding ortho intramolecular Hbond substituents is 1. The van der Waals surface area contributed by atoms with Gasteiger partial charge in [-0.1, -0.05) is 36.4 Å². The van der Waals surface area contributed by atoms with Gasteiger partial charge in [-0.2, -0.15) is 0 Å². The van der Waals surface area contributed by atoms with E-state index in [1.807, 2.05) is 19.9 Å². The third-order valence-electron chi connectivity index (χ3n) is 6.34. The predicted octanol–water partition coefficient (Wildman–Crippen LogP) is 2.52. The molecule has 0 radical (unpaired) electrons. The molecule has 1 heterocycles. The Morgan fingerprint density at radius 2 is 1.95 bits per heavy atom. The molecule has 4 N–H and O–H groups in total. The minimum absolute atomic E-state index is 0.0948. The van der Waals surface area contributed by atoms with Crippen molar-refractivity contribution in [3.05, 3.63) is 77.6 Å². The third kappa shape index (κ3) is 6.50. The Bertz CT molecular complexity index is 1170. The summed E-state index contributed by atoms with van der Waals surface area (Å²) in [6, 6.07) is 8.90. The lowest BCUT2D eigenvalue weighted by atomic mass is 9.96. The number of phenols is 1. The van der Waals surface area contributed by atoms with Crippen LogP contribution >= 0.6 is 11.8 Å². The number of amides is 3. The smallest absolute Gasteiger partial charge is 0.254 e. The van der Waals surface area contributed by atoms with Gasteiger partial charge in [0.15, 0.2) is 6.10 Å². The molecule has 1 aliphatic rings. The molecule has 0 aromatic heterocycles. The first kappa shape index (κ1) is 28.2. The van der Waals surface area contributed by atoms with Crippen molar-refractivity contribution in [3.63, 3.8) is 0 Å². The molecule has 0 spiro atoms. The minimum atomic E-state index is -1.70. The molecule has 2 aromatic carbocycles. The highest BCUT2D eigenvalue weighted by molar-refractivity contribution is 8.00. The number of carbonyl (C=O) groups is 3. The summed E-state index contributed by atoms with van der Waals surface area (Å²) in [7, 11) is 0. The van der Waals surface area contributed by atoms with Crippen molar-refractivity contribution in [2.75, 3.05) is 12.4 Å². The Hall–Kier alpha value is -3.37. The van der Waals surface area contributed by atoms with Crippen LogP contribution in [0.2, 0.25) is 0 Å². The Labute approximate surface area is 219 Å². The van der Waals surface area contributed by atoms with Crippen molar-refractivity contribution in [2.24, 2.45) is 0 Å². The van der Waals surface area contributed by atoms with E-state index in [9.17, 15) is 29.0 Å². The number of aliphatic hydroxyl groups excluding tert-OH is 1. The number of benzene rings is 2. The molecule has 2 aromatic rings. The molecule has 0 aliphatic carbocycles. The maximum absolute atomic E-state index is 13.9. The standard InChI is InChI=1S/C27H32FN3O5S/c1-5-11-29-25(35)23-27(3,4)37-15-31(23)26(36)22(33)20(12-17-9-7-6-8-10-17)30-24(34)19-13-18(28)14-21(32)16(19)2/h5-10,13-14,20,22-23,32-33H,1,11-12,15H2,2-4H3,(H,29,35)(H,30,34)/t20?,22-,23?/m0/s1. The number of carbonyl (C=O) groups excluding carboxylic acids is 3. The molecule has 37 heavy (non-hydrogen) atoms. The fraction of sp³-hybridized carbons (Fsp3) is 0.370. The summed E-state index contributed by atoms with van der Waals surface area (Å²) in [4.78, 5) is 40.9. The van der Waals surface area contributed by atoms with Gasteiger partial charge in [0.1, 0.15) is 17.6 Å². The Balaban J connectivity index is 1.90. The fourth-order valence-electron chi connectivity index (χ4n) is 4.28. The molecule has 1 saturated heterocycles. The molecular weight excluding hydrogens is 497 g/mol. The van der Waals surface area contributed by atoms with Crippen LogP contribution in [0.1, 0.15) is 35.3 Å². The minimum Gasteiger partial charge on any atom is -0.508 e. The lowest BCUT2D eigenvalue weighted by Crippen LogP contribution is -2.58. The van der Waals surface area contributed by atoms with Gasteiger partial charge in [-0.15, -0.1) is 18.3 Å². The number of hydrogen-bond donors (Lipinski definition) is 4. The molecule has 3 atom stereocenters. The van der Waals surface area contributed by atoms with Gasteiger partial charge in [-0.3, -0.25) is 14.4 Å². The zero-order valence-electron chi connectivity index (χ0n) is 21.0. The van der Waals surface area contributed by atoms with Gasteiger partial charge in [0.25, 0.3) is 11.8 Å². The molecule has 198 valence electrons. The van der Waals surface area contributed by atoms with E-state index in [1.165, 1.54) is 29.7 Å². The molecule has 8 nitrogen and oxygen atoms in total. The summed E-state index contributed by atoms with van der Waals surface area (Å²) >= 11 is 1.41. The van der Waals surface area contributed by atoms with E-state index in [1.54, 1.807) is 24.3 Å². The number of nitrogens with one attached hydrogen (secondary N) is 2. The van der Waals surface area contributed by atoms with Gasteiger partial charge >= 0.3 is 0 Å². The van der Waals surface area contributed by atoms with Crippen molar-refractivity contribution < 1.29 is 29.0 Å². The lowest BCUT2D eigenvalue weighted by Gasteiger charge is -2.33. The fourth-order valence-corrected chi connectivity index (χ4v) is 5.42. The number of aromatic hydroxyl groups is 1. The number of hydrogen-bond acceptors (Lipinski definition) is 6. The normalized spacial score (nSPS) is 18.1. The highest BCUT2D eigenvalue weighted by Gasteiger charge is 2.49. The SMILES string of the molecule is C=CCNC(=O)C1N(C(=O)[C@@H](O)C(Cc2ccccc2)NC(=O)c2cc(F)cc(O)c2C)CSC1(C)C. The summed E-state index contributed by atoms with van der Waals surface area (Å²) < 4.78 is 13.3. The summed E-state index contributed by atoms with van der Waals surface area (Å²) in [5, 5.41) is 26.6. The van der Waals surface area contributed by atoms with E-state index in [2.05, 4.69) is 17.2 Å². The first-order chi connectivity index (χ1) is 17.5. The van der Waals surface area contributed by atoms with E-state index < -0.39 is 40.6 Å². The summed E-state index contributed by atoms with van der Waals surface area (Å²) in [6.45, 7) is 8.98. The van der Waals surface area contributed by atoms with E-state index in [4.69, 9.17) is 0 Å². The van der Waals surface area contributed by atoms with Crippen LogP contribution in [0.4, 0.5) is 4.39 Å². The van der Waals surface area contributed by atoms with E-state index in [0.29, 0.717) is 0 Å². The van der Waals surface area contributed by atoms with Crippen LogP contribution < -0.4 is 10.6 Å². The number of rotatable bonds is 9. The van der Waals surface area contributed by atoms with E-state index >= 15 is 0 Å². The Kier molecular flexibility index (Phi) is 8.98. The second-order valence-electron chi connectivity index (χ2n) is 9.43. The van der Waals surface area contributed by atoms with Crippen LogP contribution in [0.25, 0.3) is 0 Å². The maximum Gasteiger partial charge on any atom is 0.254 e. The van der Waals surface area contributed by atoms with E-state index in [0.717, 1.165) is 17.7 Å². The van der Waals surface area contributed by atoms with Crippen molar-refractivity contribution in [1.82, 2.24) is 15.5 Å². The average Bonchev–Trinajstić information content (AvgIpc) is 3.18. The maximum atomic E-state index is 13.9. The second-order valence-corrected chi connectivity index (χ2v) is 11.0. The molecule has 2 unspecified atom stereocenters. The van der Waals surface area contributed by atoms with Crippen LogP contribution in [0, 0.1) is 12.7 Å². The third-order valence-corrected chi connectivity index (χ3v) is 7.71. The quantitative estimate of drug-likeness (QED) is 0.371. The lowest BCUT2D eigenvalue weighted by molar-refractivity contribution is -0.147. The van der Waals surface area contributed by atoms with Crippen molar-refractivity contribution in [1.29, 1.82) is 0 Å². The topological polar surface area (TPSA) is 119 Å². The predicted molar refractivity (Wildman–Crippen MR) is 141 cm³/mol. The largest absolute Gasteiger partial charge is 0.508 e. The van der Waals surface area contributed by atoms with Crippen LogP contribution in [-0.2, 0) is 16.0 Å². The van der Waals surface area contributed by atoms with Crippen LogP contribution in [0.15, 0.2) is 55.1 Å². The van der Waals surface area contributed by atoms with Crippen LogP contribution in [0.3, 0.4) is 0 Å². The summed E-state index contributed by atoms with van der Waals surface area (Å²) in [5.74, 6) is -2.84. The molecule has 1 aliphatic heterocycles. The molecule has 0 bridgehead atoms. The highest BCUT2D eigenvalue weighted by atomic mass is 32.2. The van der Waals surface area contributed by atoms with Crippen LogP contribution in [-0.4, -0.2) is 68.2 Å². The molecule has 3 amide bonds. The van der Waals surface area contributed by atoms with Crippen molar-refractivity contribution >= 4 is 29.5 Å². The molecular formula is C27H32FN3O5S. The number of nitrogens with zero attached hydrogens (tertiary/aromatic N) is 1. The van der Waals surface area contributed by atoms with Gasteiger partial charge in [-0.05, 0) is 38.8 Å². The Morgan fingerprint density at radius 1 is 1.27 bits per heavy atom. The summed E-state index contributed by atoms with van der Waals surface area (Å²) in [6.07, 6.45) is -0.0702. The monoisotopic (exact) mass is 529 g/mol. The molecule has 0 saturated carbocycles.